The van der Waals surface area contributed by atoms with E-state index in [1.54, 1.807) is 24.3 Å². The number of aromatic nitrogens is 2. The normalized spacial score (nSPS) is 15.1. The average molecular weight is 541 g/mol. The molecule has 1 N–H and O–H groups in total. The van der Waals surface area contributed by atoms with E-state index in [-0.39, 0.29) is 18.2 Å². The first-order valence-electron chi connectivity index (χ1n) is 13.4. The van der Waals surface area contributed by atoms with Crippen molar-refractivity contribution in [1.82, 2.24) is 20.4 Å². The number of carbonyl (C=O) groups is 2. The molecule has 9 nitrogen and oxygen atoms in total. The molecule has 1 aliphatic rings. The van der Waals surface area contributed by atoms with Crippen LogP contribution >= 0.6 is 0 Å². The summed E-state index contributed by atoms with van der Waals surface area (Å²) >= 11 is 0. The first-order chi connectivity index (χ1) is 19.6. The molecular weight excluding hydrogens is 508 g/mol. The number of amides is 2. The summed E-state index contributed by atoms with van der Waals surface area (Å²) < 4.78 is 17.1. The third kappa shape index (κ3) is 6.48. The summed E-state index contributed by atoms with van der Waals surface area (Å²) in [6.45, 7) is 1.22. The summed E-state index contributed by atoms with van der Waals surface area (Å²) in [6.07, 6.45) is 4.66. The van der Waals surface area contributed by atoms with Crippen LogP contribution in [-0.2, 0) is 17.8 Å². The highest BCUT2D eigenvalue weighted by Crippen LogP contribution is 2.30. The second kappa shape index (κ2) is 12.9. The molecule has 9 heteroatoms. The minimum absolute atomic E-state index is 0.0809. The van der Waals surface area contributed by atoms with Crippen molar-refractivity contribution < 1.29 is 23.6 Å². The summed E-state index contributed by atoms with van der Waals surface area (Å²) in [5.41, 5.74) is 3.13. The molecule has 40 heavy (non-hydrogen) atoms. The largest absolute Gasteiger partial charge is 0.493 e. The predicted octanol–water partition coefficient (Wildman–Crippen LogP) is 4.68. The molecule has 1 saturated heterocycles. The van der Waals surface area contributed by atoms with Crippen LogP contribution in [0.1, 0.15) is 41.1 Å². The van der Waals surface area contributed by atoms with Gasteiger partial charge < -0.3 is 24.2 Å². The van der Waals surface area contributed by atoms with Gasteiger partial charge in [-0.25, -0.2) is 0 Å². The third-order valence-electron chi connectivity index (χ3n) is 6.86. The van der Waals surface area contributed by atoms with Crippen LogP contribution in [0.15, 0.2) is 83.5 Å². The first-order valence-corrected chi connectivity index (χ1v) is 13.4. The Morgan fingerprint density at radius 3 is 2.70 bits per heavy atom. The van der Waals surface area contributed by atoms with Crippen LogP contribution in [0.5, 0.6) is 11.5 Å². The summed E-state index contributed by atoms with van der Waals surface area (Å²) in [5, 5.41) is 7.04. The van der Waals surface area contributed by atoms with Gasteiger partial charge in [0.05, 0.1) is 13.7 Å². The minimum Gasteiger partial charge on any atom is -0.493 e. The standard InChI is InChI=1S/C31H32N4O5/c1-38-28-19-22(13-14-27(28)39-18-15-24-11-5-7-16-32-24)21-35(26-12-6-8-17-33-30(26)36)31(37)29-20-25(34-40-29)23-9-3-2-4-10-23/h2-5,7,9-11,13-14,16,19-20,26H,6,8,12,15,17-18,21H2,1H3,(H,33,36)/t26-/m0/s1. The van der Waals surface area contributed by atoms with Crippen molar-refractivity contribution in [2.24, 2.45) is 0 Å². The molecule has 0 unspecified atom stereocenters. The minimum atomic E-state index is -0.638. The molecule has 0 spiro atoms. The summed E-state index contributed by atoms with van der Waals surface area (Å²) in [4.78, 5) is 32.7. The van der Waals surface area contributed by atoms with Gasteiger partial charge in [-0.2, -0.15) is 0 Å². The Morgan fingerprint density at radius 1 is 1.05 bits per heavy atom. The molecule has 0 saturated carbocycles. The number of ether oxygens (including phenoxy) is 2. The maximum atomic E-state index is 13.8. The zero-order valence-corrected chi connectivity index (χ0v) is 22.4. The molecule has 0 radical (unpaired) electrons. The number of hydrogen-bond donors (Lipinski definition) is 1. The predicted molar refractivity (Wildman–Crippen MR) is 149 cm³/mol. The van der Waals surface area contributed by atoms with E-state index in [0.717, 1.165) is 29.7 Å². The molecule has 2 amide bonds. The number of hydrogen-bond acceptors (Lipinski definition) is 7. The van der Waals surface area contributed by atoms with Crippen LogP contribution in [0.3, 0.4) is 0 Å². The van der Waals surface area contributed by atoms with Crippen molar-refractivity contribution in [3.63, 3.8) is 0 Å². The van der Waals surface area contributed by atoms with E-state index in [2.05, 4.69) is 15.5 Å². The molecule has 1 atom stereocenters. The van der Waals surface area contributed by atoms with Crippen LogP contribution < -0.4 is 14.8 Å². The number of benzene rings is 2. The van der Waals surface area contributed by atoms with Gasteiger partial charge in [0.15, 0.2) is 11.5 Å². The van der Waals surface area contributed by atoms with E-state index < -0.39 is 11.9 Å². The van der Waals surface area contributed by atoms with Crippen molar-refractivity contribution in [2.75, 3.05) is 20.3 Å². The monoisotopic (exact) mass is 540 g/mol. The lowest BCUT2D eigenvalue weighted by Crippen LogP contribution is -2.48. The number of rotatable bonds is 10. The number of carbonyl (C=O) groups excluding carboxylic acids is 2. The highest BCUT2D eigenvalue weighted by atomic mass is 16.5. The quantitative estimate of drug-likeness (QED) is 0.311. The Bertz CT molecular complexity index is 1420. The summed E-state index contributed by atoms with van der Waals surface area (Å²) in [6, 6.07) is 21.8. The Morgan fingerprint density at radius 2 is 1.90 bits per heavy atom. The molecule has 1 aliphatic heterocycles. The molecule has 2 aromatic carbocycles. The maximum Gasteiger partial charge on any atom is 0.293 e. The number of nitrogens with one attached hydrogen (secondary N) is 1. The Hall–Kier alpha value is -4.66. The third-order valence-corrected chi connectivity index (χ3v) is 6.86. The summed E-state index contributed by atoms with van der Waals surface area (Å²) in [5.74, 6) is 0.649. The molecule has 206 valence electrons. The van der Waals surface area contributed by atoms with Crippen LogP contribution in [0.25, 0.3) is 11.3 Å². The number of nitrogens with zero attached hydrogens (tertiary/aromatic N) is 3. The van der Waals surface area contributed by atoms with E-state index in [4.69, 9.17) is 14.0 Å². The first kappa shape index (κ1) is 26.9. The van der Waals surface area contributed by atoms with E-state index >= 15 is 0 Å². The summed E-state index contributed by atoms with van der Waals surface area (Å²) in [7, 11) is 1.58. The van der Waals surface area contributed by atoms with Gasteiger partial charge >= 0.3 is 0 Å². The van der Waals surface area contributed by atoms with Gasteiger partial charge in [-0.15, -0.1) is 0 Å². The number of pyridine rings is 1. The zero-order valence-electron chi connectivity index (χ0n) is 22.4. The second-order valence-corrected chi connectivity index (χ2v) is 9.58. The van der Waals surface area contributed by atoms with Gasteiger partial charge in [0.25, 0.3) is 5.91 Å². The van der Waals surface area contributed by atoms with Crippen LogP contribution in [-0.4, -0.2) is 53.2 Å². The Balaban J connectivity index is 1.36. The second-order valence-electron chi connectivity index (χ2n) is 9.58. The van der Waals surface area contributed by atoms with Crippen LogP contribution in [0.2, 0.25) is 0 Å². The lowest BCUT2D eigenvalue weighted by atomic mass is 10.1. The van der Waals surface area contributed by atoms with Crippen molar-refractivity contribution in [3.8, 4) is 22.8 Å². The van der Waals surface area contributed by atoms with Crippen molar-refractivity contribution in [2.45, 2.75) is 38.3 Å². The van der Waals surface area contributed by atoms with Gasteiger partial charge in [-0.05, 0) is 49.1 Å². The van der Waals surface area contributed by atoms with Crippen molar-refractivity contribution in [1.29, 1.82) is 0 Å². The molecular formula is C31H32N4O5. The fourth-order valence-corrected chi connectivity index (χ4v) is 4.74. The Kier molecular flexibility index (Phi) is 8.70. The van der Waals surface area contributed by atoms with Gasteiger partial charge in [-0.3, -0.25) is 14.6 Å². The highest BCUT2D eigenvalue weighted by molar-refractivity contribution is 5.96. The van der Waals surface area contributed by atoms with Crippen molar-refractivity contribution >= 4 is 11.8 Å². The van der Waals surface area contributed by atoms with E-state index in [9.17, 15) is 9.59 Å². The average Bonchev–Trinajstić information content (AvgIpc) is 3.40. The molecule has 0 aliphatic carbocycles. The number of methoxy groups -OCH3 is 1. The lowest BCUT2D eigenvalue weighted by Gasteiger charge is -2.29. The molecule has 5 rings (SSSR count). The van der Waals surface area contributed by atoms with Crippen LogP contribution in [0, 0.1) is 0 Å². The highest BCUT2D eigenvalue weighted by Gasteiger charge is 2.33. The molecule has 2 aromatic heterocycles. The topological polar surface area (TPSA) is 107 Å². The molecule has 3 heterocycles. The molecule has 4 aromatic rings. The van der Waals surface area contributed by atoms with E-state index in [0.29, 0.717) is 43.2 Å². The SMILES string of the molecule is COc1cc(CN(C(=O)c2cc(-c3ccccc3)no2)[C@H]2CCCCNC2=O)ccc1OCCc1ccccn1. The molecule has 1 fully saturated rings. The molecule has 0 bridgehead atoms. The van der Waals surface area contributed by atoms with E-state index in [1.807, 2.05) is 66.7 Å². The maximum absolute atomic E-state index is 13.8. The van der Waals surface area contributed by atoms with Crippen molar-refractivity contribution in [3.05, 3.63) is 96.0 Å². The fourth-order valence-electron chi connectivity index (χ4n) is 4.74. The van der Waals surface area contributed by atoms with Gasteiger partial charge in [0.1, 0.15) is 11.7 Å². The smallest absolute Gasteiger partial charge is 0.293 e. The fraction of sp³-hybridized carbons (Fsp3) is 0.290. The van der Waals surface area contributed by atoms with E-state index in [1.165, 1.54) is 0 Å². The van der Waals surface area contributed by atoms with Gasteiger partial charge in [-0.1, -0.05) is 47.6 Å². The van der Waals surface area contributed by atoms with Gasteiger partial charge in [0, 0.05) is 43.0 Å². The van der Waals surface area contributed by atoms with Gasteiger partial charge in [0.2, 0.25) is 11.7 Å². The lowest BCUT2D eigenvalue weighted by molar-refractivity contribution is -0.125. The van der Waals surface area contributed by atoms with Crippen LogP contribution in [0.4, 0.5) is 0 Å². The zero-order chi connectivity index (χ0) is 27.7. The Labute approximate surface area is 233 Å².